The van der Waals surface area contributed by atoms with E-state index in [1.807, 2.05) is 0 Å². The van der Waals surface area contributed by atoms with Crippen molar-refractivity contribution in [3.8, 4) is 5.75 Å². The highest BCUT2D eigenvalue weighted by atomic mass is 32.2. The molecule has 0 aliphatic carbocycles. The van der Waals surface area contributed by atoms with Gasteiger partial charge in [0.05, 0.1) is 12.7 Å². The van der Waals surface area contributed by atoms with Crippen LogP contribution in [0.15, 0.2) is 53.0 Å². The van der Waals surface area contributed by atoms with Crippen molar-refractivity contribution in [1.29, 1.82) is 0 Å². The van der Waals surface area contributed by atoms with Crippen LogP contribution in [0.2, 0.25) is 0 Å². The lowest BCUT2D eigenvalue weighted by Crippen LogP contribution is -2.07. The molecule has 1 aromatic carbocycles. The second-order valence-corrected chi connectivity index (χ2v) is 6.25. The normalized spacial score (nSPS) is 12.5. The van der Waals surface area contributed by atoms with Gasteiger partial charge >= 0.3 is 6.18 Å². The zero-order valence-corrected chi connectivity index (χ0v) is 12.7. The zero-order valence-electron chi connectivity index (χ0n) is 11.9. The van der Waals surface area contributed by atoms with E-state index in [4.69, 9.17) is 4.74 Å². The van der Waals surface area contributed by atoms with Crippen LogP contribution in [0.25, 0.3) is 6.08 Å². The molecular weight excluding hydrogens is 331 g/mol. The molecule has 8 heteroatoms. The molecule has 1 aromatic heterocycles. The van der Waals surface area contributed by atoms with Crippen molar-refractivity contribution in [3.05, 3.63) is 59.1 Å². The quantitative estimate of drug-likeness (QED) is 0.852. The Morgan fingerprint density at radius 3 is 2.52 bits per heavy atom. The fourth-order valence-corrected chi connectivity index (χ4v) is 2.76. The van der Waals surface area contributed by atoms with Crippen molar-refractivity contribution in [2.24, 2.45) is 0 Å². The molecule has 0 N–H and O–H groups in total. The lowest BCUT2D eigenvalue weighted by Gasteiger charge is -2.09. The summed E-state index contributed by atoms with van der Waals surface area (Å²) in [5.74, 6) is 0.280. The summed E-state index contributed by atoms with van der Waals surface area (Å²) in [6.07, 6.45) is -2.43. The highest BCUT2D eigenvalue weighted by Gasteiger charge is 2.32. The van der Waals surface area contributed by atoms with Gasteiger partial charge in [0.1, 0.15) is 5.75 Å². The maximum Gasteiger partial charge on any atom is 0.416 e. The van der Waals surface area contributed by atoms with E-state index in [9.17, 15) is 21.6 Å². The molecule has 0 saturated heterocycles. The van der Waals surface area contributed by atoms with Crippen LogP contribution in [-0.2, 0) is 16.0 Å². The minimum atomic E-state index is -4.57. The number of hydrogen-bond donors (Lipinski definition) is 0. The number of nitrogens with zero attached hydrogens (tertiary/aromatic N) is 1. The summed E-state index contributed by atoms with van der Waals surface area (Å²) in [6.45, 7) is 0. The number of hydrogen-bond acceptors (Lipinski definition) is 4. The van der Waals surface area contributed by atoms with E-state index in [1.54, 1.807) is 0 Å². The van der Waals surface area contributed by atoms with Crippen molar-refractivity contribution < 1.29 is 26.3 Å². The summed E-state index contributed by atoms with van der Waals surface area (Å²) in [7, 11) is -2.63. The van der Waals surface area contributed by atoms with Crippen LogP contribution >= 0.6 is 0 Å². The lowest BCUT2D eigenvalue weighted by molar-refractivity contribution is -0.137. The van der Waals surface area contributed by atoms with E-state index in [0.29, 0.717) is 5.41 Å². The number of rotatable bonds is 4. The summed E-state index contributed by atoms with van der Waals surface area (Å²) < 4.78 is 67.8. The van der Waals surface area contributed by atoms with E-state index >= 15 is 0 Å². The topological polar surface area (TPSA) is 56.3 Å². The highest BCUT2D eigenvalue weighted by Crippen LogP contribution is 2.32. The summed E-state index contributed by atoms with van der Waals surface area (Å²) >= 11 is 0. The first kappa shape index (κ1) is 17.0. The van der Waals surface area contributed by atoms with Crippen molar-refractivity contribution in [1.82, 2.24) is 4.98 Å². The van der Waals surface area contributed by atoms with Gasteiger partial charge in [-0.15, -0.1) is 0 Å². The Bertz CT molecular complexity index is 830. The monoisotopic (exact) mass is 343 g/mol. The van der Waals surface area contributed by atoms with Crippen molar-refractivity contribution >= 4 is 15.9 Å². The molecule has 0 aliphatic heterocycles. The molecule has 0 amide bonds. The number of alkyl halides is 3. The molecule has 0 fully saturated rings. The van der Waals surface area contributed by atoms with Gasteiger partial charge in [-0.1, -0.05) is 18.2 Å². The molecule has 4 nitrogen and oxygen atoms in total. The first-order valence-corrected chi connectivity index (χ1v) is 7.88. The maximum absolute atomic E-state index is 12.9. The molecule has 0 bridgehead atoms. The minimum Gasteiger partial charge on any atom is -0.497 e. The van der Waals surface area contributed by atoms with E-state index in [1.165, 1.54) is 43.6 Å². The fourth-order valence-electron chi connectivity index (χ4n) is 1.81. The van der Waals surface area contributed by atoms with Gasteiger partial charge in [0.25, 0.3) is 0 Å². The molecule has 2 rings (SSSR count). The lowest BCUT2D eigenvalue weighted by atomic mass is 10.1. The smallest absolute Gasteiger partial charge is 0.416 e. The van der Waals surface area contributed by atoms with Gasteiger partial charge in [-0.25, -0.2) is 13.4 Å². The van der Waals surface area contributed by atoms with E-state index in [2.05, 4.69) is 4.98 Å². The molecule has 122 valence electrons. The van der Waals surface area contributed by atoms with Crippen molar-refractivity contribution in [3.63, 3.8) is 0 Å². The Labute approximate surface area is 131 Å². The molecule has 0 saturated carbocycles. The van der Waals surface area contributed by atoms with Gasteiger partial charge in [0, 0.05) is 17.7 Å². The van der Waals surface area contributed by atoms with Crippen LogP contribution in [0.5, 0.6) is 5.75 Å². The molecule has 2 aromatic rings. The summed E-state index contributed by atoms with van der Waals surface area (Å²) in [5.41, 5.74) is -1.16. The minimum absolute atomic E-state index is 0.244. The average Bonchev–Trinajstić information content (AvgIpc) is 2.52. The Morgan fingerprint density at radius 2 is 1.87 bits per heavy atom. The Kier molecular flexibility index (Phi) is 4.74. The molecule has 0 spiro atoms. The molecule has 1 heterocycles. The number of sulfone groups is 1. The van der Waals surface area contributed by atoms with Gasteiger partial charge < -0.3 is 4.74 Å². The van der Waals surface area contributed by atoms with Gasteiger partial charge in [-0.05, 0) is 23.8 Å². The average molecular weight is 343 g/mol. The molecule has 0 unspecified atom stereocenters. The Hall–Kier alpha value is -2.35. The van der Waals surface area contributed by atoms with Crippen LogP contribution in [0.3, 0.4) is 0 Å². The van der Waals surface area contributed by atoms with Gasteiger partial charge in [0.2, 0.25) is 9.84 Å². The first-order chi connectivity index (χ1) is 10.7. The van der Waals surface area contributed by atoms with Crippen molar-refractivity contribution in [2.75, 3.05) is 7.11 Å². The van der Waals surface area contributed by atoms with Crippen LogP contribution in [0.1, 0.15) is 11.1 Å². The third-order valence-electron chi connectivity index (χ3n) is 2.93. The Balaban J connectivity index is 2.40. The zero-order chi connectivity index (χ0) is 17.1. The van der Waals surface area contributed by atoms with Crippen LogP contribution in [0.4, 0.5) is 13.2 Å². The maximum atomic E-state index is 12.9. The predicted octanol–water partition coefficient (Wildman–Crippen LogP) is 3.55. The van der Waals surface area contributed by atoms with Crippen LogP contribution in [-0.4, -0.2) is 20.5 Å². The van der Waals surface area contributed by atoms with Gasteiger partial charge in [0.15, 0.2) is 5.03 Å². The summed E-state index contributed by atoms with van der Waals surface area (Å²) in [6, 6.07) is 7.35. The molecule has 23 heavy (non-hydrogen) atoms. The molecule has 0 radical (unpaired) electrons. The third kappa shape index (κ3) is 4.10. The molecule has 0 aliphatic rings. The van der Waals surface area contributed by atoms with E-state index in [0.717, 1.165) is 12.1 Å². The van der Waals surface area contributed by atoms with E-state index < -0.39 is 21.6 Å². The number of aromatic nitrogens is 1. The standard InChI is InChI=1S/C15H12F3NO3S/c1-22-12-6-8-19-14(10-12)23(20,21)9-7-11-4-2-3-5-13(11)15(16,17)18/h2-10H,1H3/b9-7+. The summed E-state index contributed by atoms with van der Waals surface area (Å²) in [4.78, 5) is 3.70. The van der Waals surface area contributed by atoms with Gasteiger partial charge in [-0.2, -0.15) is 13.2 Å². The molecule has 0 atom stereocenters. The second-order valence-electron chi connectivity index (χ2n) is 4.47. The summed E-state index contributed by atoms with van der Waals surface area (Å²) in [5, 5.41) is 0.386. The SMILES string of the molecule is COc1ccnc(S(=O)(=O)/C=C/c2ccccc2C(F)(F)F)c1. The third-order valence-corrected chi connectivity index (χ3v) is 4.23. The van der Waals surface area contributed by atoms with Gasteiger partial charge in [-0.3, -0.25) is 0 Å². The number of halogens is 3. The van der Waals surface area contributed by atoms with Crippen LogP contribution in [0, 0.1) is 0 Å². The second kappa shape index (κ2) is 6.41. The Morgan fingerprint density at radius 1 is 1.17 bits per heavy atom. The number of ether oxygens (including phenoxy) is 1. The number of methoxy groups -OCH3 is 1. The van der Waals surface area contributed by atoms with Crippen molar-refractivity contribution in [2.45, 2.75) is 11.2 Å². The van der Waals surface area contributed by atoms with Crippen LogP contribution < -0.4 is 4.74 Å². The largest absolute Gasteiger partial charge is 0.497 e. The van der Waals surface area contributed by atoms with E-state index in [-0.39, 0.29) is 16.3 Å². The first-order valence-electron chi connectivity index (χ1n) is 6.33. The highest BCUT2D eigenvalue weighted by molar-refractivity contribution is 7.94. The molecular formula is C15H12F3NO3S. The number of benzene rings is 1. The fraction of sp³-hybridized carbons (Fsp3) is 0.133. The number of pyridine rings is 1. The predicted molar refractivity (Wildman–Crippen MR) is 78.5 cm³/mol.